The average Bonchev–Trinajstić information content (AvgIpc) is 3.31. The van der Waals surface area contributed by atoms with Crippen LogP contribution in [0.2, 0.25) is 0 Å². The number of nitrogens with zero attached hydrogens (tertiary/aromatic N) is 2. The van der Waals surface area contributed by atoms with Gasteiger partial charge in [-0.2, -0.15) is 0 Å². The highest BCUT2D eigenvalue weighted by atomic mass is 32.2. The summed E-state index contributed by atoms with van der Waals surface area (Å²) in [5, 5.41) is 12.5. The Morgan fingerprint density at radius 2 is 2.00 bits per heavy atom. The molecule has 0 spiro atoms. The van der Waals surface area contributed by atoms with Crippen molar-refractivity contribution in [2.45, 2.75) is 17.4 Å². The van der Waals surface area contributed by atoms with Gasteiger partial charge in [-0.05, 0) is 42.6 Å². The van der Waals surface area contributed by atoms with Crippen molar-refractivity contribution < 1.29 is 18.7 Å². The van der Waals surface area contributed by atoms with Gasteiger partial charge < -0.3 is 20.2 Å². The number of thioether (sulfide) groups is 1. The number of rotatable bonds is 7. The van der Waals surface area contributed by atoms with E-state index in [1.807, 2.05) is 0 Å². The number of anilines is 1. The molecule has 3 aromatic rings. The highest BCUT2D eigenvalue weighted by molar-refractivity contribution is 8.00. The van der Waals surface area contributed by atoms with Gasteiger partial charge in [0.2, 0.25) is 11.8 Å². The third-order valence-electron chi connectivity index (χ3n) is 3.56. The van der Waals surface area contributed by atoms with Crippen LogP contribution in [0.15, 0.2) is 45.4 Å². The van der Waals surface area contributed by atoms with Crippen molar-refractivity contribution >= 4 is 39.9 Å². The van der Waals surface area contributed by atoms with Crippen molar-refractivity contribution in [3.63, 3.8) is 0 Å². The van der Waals surface area contributed by atoms with Crippen LogP contribution in [0.3, 0.4) is 0 Å². The number of amides is 2. The molecule has 3 N–H and O–H groups in total. The molecule has 3 rings (SSSR count). The lowest BCUT2D eigenvalue weighted by molar-refractivity contribution is -0.115. The van der Waals surface area contributed by atoms with Gasteiger partial charge in [0, 0.05) is 5.56 Å². The zero-order valence-corrected chi connectivity index (χ0v) is 16.1. The fourth-order valence-corrected chi connectivity index (χ4v) is 3.60. The smallest absolute Gasteiger partial charge is 0.277 e. The van der Waals surface area contributed by atoms with E-state index in [9.17, 15) is 9.59 Å². The van der Waals surface area contributed by atoms with Gasteiger partial charge in [-0.3, -0.25) is 9.59 Å². The summed E-state index contributed by atoms with van der Waals surface area (Å²) in [7, 11) is 1.59. The summed E-state index contributed by atoms with van der Waals surface area (Å²) in [6.45, 7) is 1.70. The second-order valence-corrected chi connectivity index (χ2v) is 7.59. The molecule has 140 valence electrons. The highest BCUT2D eigenvalue weighted by Gasteiger charge is 2.21. The van der Waals surface area contributed by atoms with Crippen LogP contribution >= 0.6 is 23.1 Å². The Bertz CT molecular complexity index is 952. The van der Waals surface area contributed by atoms with Crippen LogP contribution in [0, 0.1) is 0 Å². The molecule has 10 heteroatoms. The van der Waals surface area contributed by atoms with E-state index in [0.717, 1.165) is 23.1 Å². The van der Waals surface area contributed by atoms with E-state index in [4.69, 9.17) is 14.9 Å². The molecule has 0 unspecified atom stereocenters. The Morgan fingerprint density at radius 3 is 2.67 bits per heavy atom. The molecule has 27 heavy (non-hydrogen) atoms. The molecule has 1 aromatic carbocycles. The van der Waals surface area contributed by atoms with Gasteiger partial charge in [0.1, 0.15) is 10.8 Å². The number of nitrogens with two attached hydrogens (primary N) is 1. The Balaban J connectivity index is 1.64. The van der Waals surface area contributed by atoms with Gasteiger partial charge in [-0.25, -0.2) is 0 Å². The predicted octanol–water partition coefficient (Wildman–Crippen LogP) is 3.02. The Hall–Kier alpha value is -2.85. The summed E-state index contributed by atoms with van der Waals surface area (Å²) in [6, 6.07) is 8.76. The lowest BCUT2D eigenvalue weighted by atomic mass is 10.2. The predicted molar refractivity (Wildman–Crippen MR) is 103 cm³/mol. The summed E-state index contributed by atoms with van der Waals surface area (Å²) in [5.41, 5.74) is 6.31. The van der Waals surface area contributed by atoms with E-state index in [1.54, 1.807) is 49.7 Å². The maximum Gasteiger partial charge on any atom is 0.277 e. The molecule has 2 heterocycles. The molecule has 2 amide bonds. The standard InChI is InChI=1S/C17H16N4O4S2/c1-9(14(23)19-16-12(13(18)22)7-8-26-16)27-17-21-20-15(25-17)10-3-5-11(24-2)6-4-10/h3-9H,1-2H3,(H2,18,22)(H,19,23)/t9-/m0/s1. The molecule has 0 aliphatic carbocycles. The average molecular weight is 404 g/mol. The third kappa shape index (κ3) is 4.47. The minimum Gasteiger partial charge on any atom is -0.497 e. The van der Waals surface area contributed by atoms with Crippen molar-refractivity contribution in [2.75, 3.05) is 12.4 Å². The van der Waals surface area contributed by atoms with E-state index < -0.39 is 11.2 Å². The molecule has 0 bridgehead atoms. The van der Waals surface area contributed by atoms with Crippen molar-refractivity contribution in [2.24, 2.45) is 5.73 Å². The van der Waals surface area contributed by atoms with Crippen molar-refractivity contribution in [3.05, 3.63) is 41.3 Å². The SMILES string of the molecule is COc1ccc(-c2nnc(S[C@@H](C)C(=O)Nc3sccc3C(N)=O)o2)cc1. The quantitative estimate of drug-likeness (QED) is 0.581. The van der Waals surface area contributed by atoms with E-state index in [-0.39, 0.29) is 16.7 Å². The number of thiophene rings is 1. The number of carbonyl (C=O) groups excluding carboxylic acids is 2. The highest BCUT2D eigenvalue weighted by Crippen LogP contribution is 2.29. The normalized spacial score (nSPS) is 11.8. The van der Waals surface area contributed by atoms with Gasteiger partial charge in [0.05, 0.1) is 17.9 Å². The van der Waals surface area contributed by atoms with Crippen LogP contribution < -0.4 is 15.8 Å². The van der Waals surface area contributed by atoms with Crippen LogP contribution in [-0.2, 0) is 4.79 Å². The van der Waals surface area contributed by atoms with E-state index in [2.05, 4.69) is 15.5 Å². The van der Waals surface area contributed by atoms with Gasteiger partial charge in [0.25, 0.3) is 11.1 Å². The number of aromatic nitrogens is 2. The fourth-order valence-electron chi connectivity index (χ4n) is 2.13. The lowest BCUT2D eigenvalue weighted by Crippen LogP contribution is -2.23. The van der Waals surface area contributed by atoms with Crippen molar-refractivity contribution in [1.82, 2.24) is 10.2 Å². The van der Waals surface area contributed by atoms with Crippen LogP contribution in [0.25, 0.3) is 11.5 Å². The summed E-state index contributed by atoms with van der Waals surface area (Å²) in [5.74, 6) is 0.186. The first kappa shape index (κ1) is 18.9. The van der Waals surface area contributed by atoms with E-state index in [0.29, 0.717) is 10.9 Å². The maximum atomic E-state index is 12.4. The molecular weight excluding hydrogens is 388 g/mol. The molecule has 2 aromatic heterocycles. The molecule has 1 atom stereocenters. The Kier molecular flexibility index (Phi) is 5.77. The van der Waals surface area contributed by atoms with Crippen molar-refractivity contribution in [3.8, 4) is 17.2 Å². The van der Waals surface area contributed by atoms with Crippen LogP contribution in [0.5, 0.6) is 5.75 Å². The van der Waals surface area contributed by atoms with Gasteiger partial charge in [-0.15, -0.1) is 21.5 Å². The first-order valence-electron chi connectivity index (χ1n) is 7.80. The number of hydrogen-bond acceptors (Lipinski definition) is 8. The van der Waals surface area contributed by atoms with Crippen LogP contribution in [0.1, 0.15) is 17.3 Å². The molecular formula is C17H16N4O4S2. The van der Waals surface area contributed by atoms with E-state index >= 15 is 0 Å². The van der Waals surface area contributed by atoms with Crippen LogP contribution in [-0.4, -0.2) is 34.4 Å². The molecule has 8 nitrogen and oxygen atoms in total. The monoisotopic (exact) mass is 404 g/mol. The van der Waals surface area contributed by atoms with Gasteiger partial charge in [0.15, 0.2) is 0 Å². The number of primary amides is 1. The summed E-state index contributed by atoms with van der Waals surface area (Å²) in [4.78, 5) is 23.7. The van der Waals surface area contributed by atoms with Gasteiger partial charge in [-0.1, -0.05) is 11.8 Å². The molecule has 0 fully saturated rings. The minimum atomic E-state index is -0.590. The number of ether oxygens (including phenoxy) is 1. The number of hydrogen-bond donors (Lipinski definition) is 2. The number of nitrogens with one attached hydrogen (secondary N) is 1. The number of carbonyl (C=O) groups is 2. The molecule has 0 saturated carbocycles. The topological polar surface area (TPSA) is 120 Å². The molecule has 0 aliphatic rings. The molecule has 0 saturated heterocycles. The zero-order valence-electron chi connectivity index (χ0n) is 14.5. The second kappa shape index (κ2) is 8.23. The number of benzene rings is 1. The summed E-state index contributed by atoms with van der Waals surface area (Å²) >= 11 is 2.35. The lowest BCUT2D eigenvalue weighted by Gasteiger charge is -2.09. The first-order valence-corrected chi connectivity index (χ1v) is 9.56. The molecule has 0 radical (unpaired) electrons. The Labute approximate surface area is 163 Å². The van der Waals surface area contributed by atoms with Crippen molar-refractivity contribution in [1.29, 1.82) is 0 Å². The fraction of sp³-hybridized carbons (Fsp3) is 0.176. The Morgan fingerprint density at radius 1 is 1.26 bits per heavy atom. The van der Waals surface area contributed by atoms with E-state index in [1.165, 1.54) is 11.3 Å². The molecule has 0 aliphatic heterocycles. The summed E-state index contributed by atoms with van der Waals surface area (Å²) < 4.78 is 10.7. The maximum absolute atomic E-state index is 12.4. The number of methoxy groups -OCH3 is 1. The summed E-state index contributed by atoms with van der Waals surface area (Å²) in [6.07, 6.45) is 0. The zero-order chi connectivity index (χ0) is 19.4. The minimum absolute atomic E-state index is 0.268. The first-order chi connectivity index (χ1) is 13.0. The third-order valence-corrected chi connectivity index (χ3v) is 5.32. The largest absolute Gasteiger partial charge is 0.497 e. The van der Waals surface area contributed by atoms with Crippen LogP contribution in [0.4, 0.5) is 5.00 Å². The van der Waals surface area contributed by atoms with Gasteiger partial charge >= 0.3 is 0 Å². The second-order valence-electron chi connectivity index (χ2n) is 5.38.